The maximum Gasteiger partial charge on any atom is 0.416 e. The molecule has 0 saturated heterocycles. The van der Waals surface area contributed by atoms with E-state index in [4.69, 9.17) is 4.18 Å². The molecule has 1 atom stereocenters. The zero-order valence-corrected chi connectivity index (χ0v) is 20.9. The van der Waals surface area contributed by atoms with Crippen molar-refractivity contribution >= 4 is 16.0 Å². The van der Waals surface area contributed by atoms with Gasteiger partial charge in [0.1, 0.15) is 0 Å². The van der Waals surface area contributed by atoms with E-state index in [9.17, 15) is 39.6 Å². The van der Waals surface area contributed by atoms with Crippen molar-refractivity contribution in [3.05, 3.63) is 70.8 Å². The Morgan fingerprint density at radius 3 is 1.97 bits per heavy atom. The molecule has 1 saturated carbocycles. The standard InChI is InChI=1S/C25H27F6NO4S/c1-16(18-12-20(24(26,27)28)14-21(13-18)25(29,30)31)22(33)32-23(19-6-4-3-5-7-19)10-8-17(9-11-23)15-36-37(2,34)35/h3-7,12-14,16-17H,8-11,15H2,1-2H3,(H,32,33). The molecule has 12 heteroatoms. The van der Waals surface area contributed by atoms with Gasteiger partial charge in [-0.15, -0.1) is 0 Å². The fourth-order valence-electron chi connectivity index (χ4n) is 4.52. The van der Waals surface area contributed by atoms with E-state index in [1.807, 2.05) is 0 Å². The second-order valence-corrected chi connectivity index (χ2v) is 11.1. The average molecular weight is 552 g/mol. The van der Waals surface area contributed by atoms with Gasteiger partial charge in [0.15, 0.2) is 0 Å². The molecule has 0 radical (unpaired) electrons. The highest BCUT2D eigenvalue weighted by Crippen LogP contribution is 2.41. The second kappa shape index (κ2) is 10.6. The van der Waals surface area contributed by atoms with Crippen molar-refractivity contribution in [1.82, 2.24) is 5.32 Å². The maximum atomic E-state index is 13.3. The van der Waals surface area contributed by atoms with Crippen LogP contribution in [0.5, 0.6) is 0 Å². The molecule has 37 heavy (non-hydrogen) atoms. The fourth-order valence-corrected chi connectivity index (χ4v) is 4.96. The molecule has 1 aliphatic carbocycles. The lowest BCUT2D eigenvalue weighted by atomic mass is 9.72. The van der Waals surface area contributed by atoms with Gasteiger partial charge in [-0.2, -0.15) is 34.8 Å². The second-order valence-electron chi connectivity index (χ2n) is 9.43. The molecule has 0 spiro atoms. The van der Waals surface area contributed by atoms with Crippen molar-refractivity contribution in [2.75, 3.05) is 12.9 Å². The fraction of sp³-hybridized carbons (Fsp3) is 0.480. The van der Waals surface area contributed by atoms with Crippen LogP contribution in [0.4, 0.5) is 26.3 Å². The van der Waals surface area contributed by atoms with Gasteiger partial charge in [0.2, 0.25) is 5.91 Å². The van der Waals surface area contributed by atoms with Crippen LogP contribution in [0.15, 0.2) is 48.5 Å². The summed E-state index contributed by atoms with van der Waals surface area (Å²) in [5, 5.41) is 2.90. The van der Waals surface area contributed by atoms with Gasteiger partial charge in [0.05, 0.1) is 35.4 Å². The number of rotatable bonds is 7. The predicted molar refractivity (Wildman–Crippen MR) is 124 cm³/mol. The smallest absolute Gasteiger partial charge is 0.346 e. The Morgan fingerprint density at radius 1 is 1.00 bits per heavy atom. The van der Waals surface area contributed by atoms with E-state index in [1.54, 1.807) is 30.3 Å². The van der Waals surface area contributed by atoms with Crippen LogP contribution in [0.2, 0.25) is 0 Å². The molecule has 0 aliphatic heterocycles. The van der Waals surface area contributed by atoms with Gasteiger partial charge in [0, 0.05) is 0 Å². The van der Waals surface area contributed by atoms with E-state index in [0.717, 1.165) is 11.8 Å². The van der Waals surface area contributed by atoms with E-state index >= 15 is 0 Å². The summed E-state index contributed by atoms with van der Waals surface area (Å²) in [6, 6.07) is 10.0. The van der Waals surface area contributed by atoms with Crippen LogP contribution in [0.1, 0.15) is 60.8 Å². The average Bonchev–Trinajstić information content (AvgIpc) is 2.81. The first-order valence-corrected chi connectivity index (χ1v) is 13.3. The van der Waals surface area contributed by atoms with Crippen LogP contribution in [-0.2, 0) is 37.0 Å². The molecule has 1 N–H and O–H groups in total. The molecule has 1 fully saturated rings. The van der Waals surface area contributed by atoms with E-state index in [2.05, 4.69) is 5.32 Å². The Bertz CT molecular complexity index is 1170. The number of hydrogen-bond acceptors (Lipinski definition) is 4. The van der Waals surface area contributed by atoms with Gasteiger partial charge in [-0.25, -0.2) is 0 Å². The van der Waals surface area contributed by atoms with Crippen molar-refractivity contribution in [3.63, 3.8) is 0 Å². The largest absolute Gasteiger partial charge is 0.416 e. The van der Waals surface area contributed by atoms with Gasteiger partial charge in [0.25, 0.3) is 10.1 Å². The Labute approximate surface area is 211 Å². The molecule has 1 amide bonds. The van der Waals surface area contributed by atoms with Crippen LogP contribution < -0.4 is 5.32 Å². The summed E-state index contributed by atoms with van der Waals surface area (Å²) in [6.45, 7) is 1.24. The van der Waals surface area contributed by atoms with E-state index in [0.29, 0.717) is 37.8 Å². The van der Waals surface area contributed by atoms with Crippen LogP contribution >= 0.6 is 0 Å². The first-order valence-electron chi connectivity index (χ1n) is 11.5. The lowest BCUT2D eigenvalue weighted by Crippen LogP contribution is -2.49. The summed E-state index contributed by atoms with van der Waals surface area (Å²) in [5.74, 6) is -2.13. The van der Waals surface area contributed by atoms with Gasteiger partial charge < -0.3 is 5.32 Å². The van der Waals surface area contributed by atoms with E-state index in [-0.39, 0.29) is 18.6 Å². The third kappa shape index (κ3) is 7.47. The number of amides is 1. The monoisotopic (exact) mass is 551 g/mol. The molecule has 2 aromatic rings. The van der Waals surface area contributed by atoms with Crippen molar-refractivity contribution in [3.8, 4) is 0 Å². The molecule has 204 valence electrons. The minimum atomic E-state index is -5.02. The van der Waals surface area contributed by atoms with Crippen LogP contribution in [0.25, 0.3) is 0 Å². The van der Waals surface area contributed by atoms with Crippen molar-refractivity contribution in [2.45, 2.75) is 56.4 Å². The third-order valence-electron chi connectivity index (χ3n) is 6.67. The number of carbonyl (C=O) groups is 1. The predicted octanol–water partition coefficient (Wildman–Crippen LogP) is 6.01. The normalized spacial score (nSPS) is 21.9. The summed E-state index contributed by atoms with van der Waals surface area (Å²) >= 11 is 0. The molecule has 0 aromatic heterocycles. The summed E-state index contributed by atoms with van der Waals surface area (Å²) < 4.78 is 107. The zero-order chi connectivity index (χ0) is 27.6. The quantitative estimate of drug-likeness (QED) is 0.338. The van der Waals surface area contributed by atoms with Gasteiger partial charge in [-0.05, 0) is 67.9 Å². The lowest BCUT2D eigenvalue weighted by molar-refractivity contribution is -0.143. The van der Waals surface area contributed by atoms with Gasteiger partial charge >= 0.3 is 12.4 Å². The topological polar surface area (TPSA) is 72.5 Å². The van der Waals surface area contributed by atoms with E-state index < -0.39 is 56.5 Å². The number of benzene rings is 2. The molecule has 0 heterocycles. The molecular weight excluding hydrogens is 524 g/mol. The summed E-state index contributed by atoms with van der Waals surface area (Å²) in [4.78, 5) is 13.3. The Kier molecular flexibility index (Phi) is 8.33. The molecular formula is C25H27F6NO4S. The highest BCUT2D eigenvalue weighted by atomic mass is 32.2. The number of nitrogens with one attached hydrogen (secondary N) is 1. The van der Waals surface area contributed by atoms with Crippen molar-refractivity contribution in [1.29, 1.82) is 0 Å². The lowest BCUT2D eigenvalue weighted by Gasteiger charge is -2.42. The third-order valence-corrected chi connectivity index (χ3v) is 7.23. The number of alkyl halides is 6. The summed E-state index contributed by atoms with van der Waals surface area (Å²) in [7, 11) is -3.62. The number of carbonyl (C=O) groups excluding carboxylic acids is 1. The Balaban J connectivity index is 1.88. The molecule has 3 rings (SSSR count). The summed E-state index contributed by atoms with van der Waals surface area (Å²) in [5.41, 5.74) is -3.57. The van der Waals surface area contributed by atoms with Gasteiger partial charge in [-0.1, -0.05) is 30.3 Å². The highest BCUT2D eigenvalue weighted by Gasteiger charge is 2.41. The van der Waals surface area contributed by atoms with Crippen LogP contribution in [0.3, 0.4) is 0 Å². The molecule has 2 aromatic carbocycles. The SMILES string of the molecule is CC(C(=O)NC1(c2ccccc2)CCC(COS(C)(=O)=O)CC1)c1cc(C(F)(F)F)cc(C(F)(F)F)c1. The van der Waals surface area contributed by atoms with Crippen molar-refractivity contribution < 1.29 is 43.7 Å². The first-order chi connectivity index (χ1) is 17.0. The van der Waals surface area contributed by atoms with Crippen LogP contribution in [0, 0.1) is 5.92 Å². The maximum absolute atomic E-state index is 13.3. The Morgan fingerprint density at radius 2 is 1.51 bits per heavy atom. The molecule has 1 aliphatic rings. The molecule has 1 unspecified atom stereocenters. The number of hydrogen-bond donors (Lipinski definition) is 1. The number of halogens is 6. The highest BCUT2D eigenvalue weighted by molar-refractivity contribution is 7.85. The minimum Gasteiger partial charge on any atom is -0.346 e. The van der Waals surface area contributed by atoms with E-state index in [1.165, 1.54) is 6.92 Å². The summed E-state index contributed by atoms with van der Waals surface area (Å²) in [6.07, 6.45) is -7.37. The van der Waals surface area contributed by atoms with Crippen LogP contribution in [-0.4, -0.2) is 27.2 Å². The molecule has 5 nitrogen and oxygen atoms in total. The van der Waals surface area contributed by atoms with Crippen molar-refractivity contribution in [2.24, 2.45) is 5.92 Å². The minimum absolute atomic E-state index is 0.0154. The molecule has 0 bridgehead atoms. The first kappa shape index (κ1) is 29.0. The Hall–Kier alpha value is -2.60. The van der Waals surface area contributed by atoms with Gasteiger partial charge in [-0.3, -0.25) is 8.98 Å². The zero-order valence-electron chi connectivity index (χ0n) is 20.1.